The summed E-state index contributed by atoms with van der Waals surface area (Å²) in [6, 6.07) is 18.2. The van der Waals surface area contributed by atoms with E-state index < -0.39 is 11.7 Å². The van der Waals surface area contributed by atoms with Gasteiger partial charge in [0.25, 0.3) is 5.91 Å². The Morgan fingerprint density at radius 1 is 1.00 bits per heavy atom. The fourth-order valence-electron chi connectivity index (χ4n) is 2.15. The van der Waals surface area contributed by atoms with Crippen LogP contribution in [0.2, 0.25) is 0 Å². The van der Waals surface area contributed by atoms with Gasteiger partial charge in [0, 0.05) is 17.4 Å². The van der Waals surface area contributed by atoms with E-state index in [4.69, 9.17) is 5.73 Å². The SMILES string of the molecule is Nc1cc(Nc2ccccc2F)nc(C(=O)Nc2ccccc2)c1. The molecule has 24 heavy (non-hydrogen) atoms. The first-order valence-corrected chi connectivity index (χ1v) is 7.27. The minimum Gasteiger partial charge on any atom is -0.399 e. The van der Waals surface area contributed by atoms with E-state index in [9.17, 15) is 9.18 Å². The van der Waals surface area contributed by atoms with Gasteiger partial charge < -0.3 is 16.4 Å². The number of nitrogen functional groups attached to an aromatic ring is 1. The number of anilines is 4. The number of carbonyl (C=O) groups excluding carboxylic acids is 1. The molecule has 0 saturated carbocycles. The summed E-state index contributed by atoms with van der Waals surface area (Å²) in [5.74, 6) is -0.527. The number of amides is 1. The number of nitrogens with two attached hydrogens (primary N) is 1. The molecule has 0 bridgehead atoms. The van der Waals surface area contributed by atoms with Crippen molar-refractivity contribution in [2.45, 2.75) is 0 Å². The van der Waals surface area contributed by atoms with Crippen LogP contribution in [0.4, 0.5) is 27.3 Å². The largest absolute Gasteiger partial charge is 0.399 e. The third kappa shape index (κ3) is 3.67. The summed E-state index contributed by atoms with van der Waals surface area (Å²) in [5, 5.41) is 5.56. The summed E-state index contributed by atoms with van der Waals surface area (Å²) in [6.45, 7) is 0. The lowest BCUT2D eigenvalue weighted by Gasteiger charge is -2.10. The molecule has 0 aliphatic carbocycles. The van der Waals surface area contributed by atoms with E-state index in [0.29, 0.717) is 17.2 Å². The van der Waals surface area contributed by atoms with Crippen molar-refractivity contribution in [3.05, 3.63) is 78.2 Å². The number of halogens is 1. The number of nitrogens with one attached hydrogen (secondary N) is 2. The maximum Gasteiger partial charge on any atom is 0.274 e. The van der Waals surface area contributed by atoms with E-state index in [2.05, 4.69) is 15.6 Å². The molecule has 6 heteroatoms. The number of nitrogens with zero attached hydrogens (tertiary/aromatic N) is 1. The molecule has 0 atom stereocenters. The lowest BCUT2D eigenvalue weighted by Crippen LogP contribution is -2.15. The highest BCUT2D eigenvalue weighted by Crippen LogP contribution is 2.21. The highest BCUT2D eigenvalue weighted by atomic mass is 19.1. The summed E-state index contributed by atoms with van der Waals surface area (Å²) < 4.78 is 13.7. The van der Waals surface area contributed by atoms with E-state index in [1.165, 1.54) is 18.2 Å². The van der Waals surface area contributed by atoms with Gasteiger partial charge >= 0.3 is 0 Å². The number of aromatic nitrogens is 1. The zero-order chi connectivity index (χ0) is 16.9. The number of para-hydroxylation sites is 2. The molecule has 0 unspecified atom stereocenters. The second-order valence-electron chi connectivity index (χ2n) is 5.10. The molecule has 0 fully saturated rings. The average Bonchev–Trinajstić information content (AvgIpc) is 2.57. The van der Waals surface area contributed by atoms with Gasteiger partial charge in [-0.25, -0.2) is 9.37 Å². The van der Waals surface area contributed by atoms with Crippen LogP contribution in [0.1, 0.15) is 10.5 Å². The fourth-order valence-corrected chi connectivity index (χ4v) is 2.15. The number of benzene rings is 2. The molecule has 120 valence electrons. The second kappa shape index (κ2) is 6.78. The van der Waals surface area contributed by atoms with Crippen LogP contribution in [0.3, 0.4) is 0 Å². The third-order valence-electron chi connectivity index (χ3n) is 3.25. The van der Waals surface area contributed by atoms with Crippen molar-refractivity contribution >= 4 is 28.8 Å². The third-order valence-corrected chi connectivity index (χ3v) is 3.25. The van der Waals surface area contributed by atoms with Crippen molar-refractivity contribution in [3.63, 3.8) is 0 Å². The van der Waals surface area contributed by atoms with Gasteiger partial charge in [0.15, 0.2) is 0 Å². The molecule has 3 rings (SSSR count). The molecule has 0 aliphatic heterocycles. The maximum absolute atomic E-state index is 13.7. The van der Waals surface area contributed by atoms with Crippen LogP contribution in [-0.2, 0) is 0 Å². The minimum atomic E-state index is -0.419. The summed E-state index contributed by atoms with van der Waals surface area (Å²) >= 11 is 0. The van der Waals surface area contributed by atoms with Gasteiger partial charge in [-0.15, -0.1) is 0 Å². The molecule has 4 N–H and O–H groups in total. The number of hydrogen-bond donors (Lipinski definition) is 3. The molecular formula is C18H15FN4O. The molecule has 1 aromatic heterocycles. The van der Waals surface area contributed by atoms with Gasteiger partial charge in [-0.05, 0) is 30.3 Å². The van der Waals surface area contributed by atoms with Crippen molar-refractivity contribution in [1.82, 2.24) is 4.98 Å². The number of rotatable bonds is 4. The van der Waals surface area contributed by atoms with E-state index in [-0.39, 0.29) is 11.4 Å². The molecule has 5 nitrogen and oxygen atoms in total. The van der Waals surface area contributed by atoms with Crippen molar-refractivity contribution < 1.29 is 9.18 Å². The van der Waals surface area contributed by atoms with Crippen molar-refractivity contribution in [1.29, 1.82) is 0 Å². The zero-order valence-corrected chi connectivity index (χ0v) is 12.7. The zero-order valence-electron chi connectivity index (χ0n) is 12.7. The first kappa shape index (κ1) is 15.5. The van der Waals surface area contributed by atoms with E-state index >= 15 is 0 Å². The van der Waals surface area contributed by atoms with Crippen molar-refractivity contribution in [2.24, 2.45) is 0 Å². The average molecular weight is 322 g/mol. The Bertz CT molecular complexity index is 868. The lowest BCUT2D eigenvalue weighted by molar-refractivity contribution is 0.102. The standard InChI is InChI=1S/C18H15FN4O/c19-14-8-4-5-9-15(14)22-17-11-12(20)10-16(23-17)18(24)21-13-6-2-1-3-7-13/h1-11H,(H,21,24)(H3,20,22,23). The molecule has 3 aromatic rings. The molecule has 0 radical (unpaired) electrons. The monoisotopic (exact) mass is 322 g/mol. The molecule has 1 amide bonds. The van der Waals surface area contributed by atoms with Gasteiger partial charge in [0.2, 0.25) is 0 Å². The Morgan fingerprint density at radius 2 is 1.71 bits per heavy atom. The Hall–Kier alpha value is -3.41. The summed E-state index contributed by atoms with van der Waals surface area (Å²) in [6.07, 6.45) is 0. The molecule has 1 heterocycles. The van der Waals surface area contributed by atoms with Gasteiger partial charge in [-0.2, -0.15) is 0 Å². The van der Waals surface area contributed by atoms with Crippen LogP contribution in [0.5, 0.6) is 0 Å². The van der Waals surface area contributed by atoms with Crippen LogP contribution in [0, 0.1) is 5.82 Å². The second-order valence-corrected chi connectivity index (χ2v) is 5.10. The van der Waals surface area contributed by atoms with Crippen LogP contribution in [-0.4, -0.2) is 10.9 Å². The molecule has 0 saturated heterocycles. The Balaban J connectivity index is 1.83. The first-order chi connectivity index (χ1) is 11.6. The fraction of sp³-hybridized carbons (Fsp3) is 0. The predicted molar refractivity (Wildman–Crippen MR) is 92.7 cm³/mol. The Kier molecular flexibility index (Phi) is 4.38. The van der Waals surface area contributed by atoms with E-state index in [1.807, 2.05) is 18.2 Å². The summed E-state index contributed by atoms with van der Waals surface area (Å²) in [7, 11) is 0. The topological polar surface area (TPSA) is 80.0 Å². The minimum absolute atomic E-state index is 0.137. The van der Waals surface area contributed by atoms with E-state index in [1.54, 1.807) is 30.3 Å². The van der Waals surface area contributed by atoms with Gasteiger partial charge in [-0.3, -0.25) is 4.79 Å². The number of carbonyl (C=O) groups is 1. The molecule has 0 aliphatic rings. The maximum atomic E-state index is 13.7. The van der Waals surface area contributed by atoms with Gasteiger partial charge in [0.05, 0.1) is 5.69 Å². The lowest BCUT2D eigenvalue weighted by atomic mass is 10.2. The highest BCUT2D eigenvalue weighted by molar-refractivity contribution is 6.03. The van der Waals surface area contributed by atoms with Crippen LogP contribution in [0.15, 0.2) is 66.7 Å². The van der Waals surface area contributed by atoms with E-state index in [0.717, 1.165) is 0 Å². The first-order valence-electron chi connectivity index (χ1n) is 7.27. The Labute approximate surface area is 138 Å². The van der Waals surface area contributed by atoms with Gasteiger partial charge in [-0.1, -0.05) is 30.3 Å². The normalized spacial score (nSPS) is 10.2. The molecular weight excluding hydrogens is 307 g/mol. The number of pyridine rings is 1. The van der Waals surface area contributed by atoms with Crippen molar-refractivity contribution in [2.75, 3.05) is 16.4 Å². The molecule has 0 spiro atoms. The van der Waals surface area contributed by atoms with Crippen LogP contribution >= 0.6 is 0 Å². The predicted octanol–water partition coefficient (Wildman–Crippen LogP) is 3.80. The van der Waals surface area contributed by atoms with Crippen LogP contribution < -0.4 is 16.4 Å². The van der Waals surface area contributed by atoms with Crippen molar-refractivity contribution in [3.8, 4) is 0 Å². The smallest absolute Gasteiger partial charge is 0.274 e. The Morgan fingerprint density at radius 3 is 2.46 bits per heavy atom. The quantitative estimate of drug-likeness (QED) is 0.682. The molecule has 2 aromatic carbocycles. The summed E-state index contributed by atoms with van der Waals surface area (Å²) in [4.78, 5) is 16.5. The van der Waals surface area contributed by atoms with Crippen LogP contribution in [0.25, 0.3) is 0 Å². The van der Waals surface area contributed by atoms with Gasteiger partial charge in [0.1, 0.15) is 17.3 Å². The summed E-state index contributed by atoms with van der Waals surface area (Å²) in [5.41, 5.74) is 7.22. The number of hydrogen-bond acceptors (Lipinski definition) is 4. The highest BCUT2D eigenvalue weighted by Gasteiger charge is 2.11.